The average molecular weight is 462 g/mol. The van der Waals surface area contributed by atoms with Gasteiger partial charge >= 0.3 is 0 Å². The van der Waals surface area contributed by atoms with E-state index in [0.717, 1.165) is 25.8 Å². The monoisotopic (exact) mass is 462 g/mol. The van der Waals surface area contributed by atoms with Crippen molar-refractivity contribution in [1.29, 1.82) is 0 Å². The maximum atomic E-state index is 10.9. The molecule has 0 aromatic rings. The fourth-order valence-corrected chi connectivity index (χ4v) is 2.87. The summed E-state index contributed by atoms with van der Waals surface area (Å²) >= 11 is 0. The number of hydrogen-bond donors (Lipinski definition) is 3. The van der Waals surface area contributed by atoms with Gasteiger partial charge in [0.25, 0.3) is 0 Å². The molecule has 1 aliphatic carbocycles. The molecule has 3 N–H and O–H groups in total. The molecule has 1 fully saturated rings. The van der Waals surface area contributed by atoms with E-state index >= 15 is 0 Å². The van der Waals surface area contributed by atoms with Crippen molar-refractivity contribution < 1.29 is 13.2 Å². The van der Waals surface area contributed by atoms with Gasteiger partial charge in [0, 0.05) is 33.3 Å². The number of sulfonamides is 1. The molecule has 23 heavy (non-hydrogen) atoms. The Hall–Kier alpha value is -0.130. The third-order valence-corrected chi connectivity index (χ3v) is 4.25. The normalized spacial score (nSPS) is 16.7. The summed E-state index contributed by atoms with van der Waals surface area (Å²) in [6.07, 6.45) is 8.85. The highest BCUT2D eigenvalue weighted by molar-refractivity contribution is 14.0. The van der Waals surface area contributed by atoms with E-state index in [-0.39, 0.29) is 24.0 Å². The Balaban J connectivity index is 0.00000484. The van der Waals surface area contributed by atoms with Crippen molar-refractivity contribution in [2.75, 3.05) is 39.5 Å². The molecular formula is C14H31IN4O3S. The van der Waals surface area contributed by atoms with Gasteiger partial charge in [-0.15, -0.1) is 24.0 Å². The first-order chi connectivity index (χ1) is 10.5. The number of hydrogen-bond acceptors (Lipinski definition) is 4. The molecule has 0 amide bonds. The fourth-order valence-electron chi connectivity index (χ4n) is 2.40. The zero-order chi connectivity index (χ0) is 16.3. The number of rotatable bonds is 9. The predicted octanol–water partition coefficient (Wildman–Crippen LogP) is 1.06. The minimum Gasteiger partial charge on any atom is -0.378 e. The predicted molar refractivity (Wildman–Crippen MR) is 105 cm³/mol. The van der Waals surface area contributed by atoms with Crippen molar-refractivity contribution >= 4 is 40.0 Å². The Morgan fingerprint density at radius 2 is 1.78 bits per heavy atom. The molecule has 138 valence electrons. The van der Waals surface area contributed by atoms with Gasteiger partial charge in [0.2, 0.25) is 10.0 Å². The van der Waals surface area contributed by atoms with E-state index in [2.05, 4.69) is 20.3 Å². The standard InChI is InChI=1S/C14H30N4O3S.HI/c1-15-14(17-10-11-18-22(2,19)20)16-9-6-12-21-13-7-4-3-5-8-13;/h13,18H,3-12H2,1-2H3,(H2,15,16,17);1H. The zero-order valence-corrected chi connectivity index (χ0v) is 17.3. The van der Waals surface area contributed by atoms with Crippen LogP contribution in [0.15, 0.2) is 4.99 Å². The zero-order valence-electron chi connectivity index (χ0n) is 14.1. The van der Waals surface area contributed by atoms with Gasteiger partial charge in [-0.2, -0.15) is 0 Å². The lowest BCUT2D eigenvalue weighted by atomic mass is 9.98. The quantitative estimate of drug-likeness (QED) is 0.206. The van der Waals surface area contributed by atoms with E-state index in [4.69, 9.17) is 4.74 Å². The van der Waals surface area contributed by atoms with Crippen molar-refractivity contribution in [2.45, 2.75) is 44.6 Å². The van der Waals surface area contributed by atoms with Crippen LogP contribution in [0.1, 0.15) is 38.5 Å². The van der Waals surface area contributed by atoms with Gasteiger partial charge in [-0.05, 0) is 19.3 Å². The van der Waals surface area contributed by atoms with Crippen LogP contribution in [0.4, 0.5) is 0 Å². The van der Waals surface area contributed by atoms with Gasteiger partial charge in [-0.3, -0.25) is 4.99 Å². The van der Waals surface area contributed by atoms with Crippen molar-refractivity contribution in [3.63, 3.8) is 0 Å². The second-order valence-electron chi connectivity index (χ2n) is 5.58. The third-order valence-electron chi connectivity index (χ3n) is 3.52. The topological polar surface area (TPSA) is 91.8 Å². The number of ether oxygens (including phenoxy) is 1. The minimum atomic E-state index is -3.13. The largest absolute Gasteiger partial charge is 0.378 e. The van der Waals surface area contributed by atoms with Crippen LogP contribution >= 0.6 is 24.0 Å². The van der Waals surface area contributed by atoms with E-state index in [1.54, 1.807) is 7.05 Å². The summed E-state index contributed by atoms with van der Waals surface area (Å²) in [4.78, 5) is 4.09. The Kier molecular flexibility index (Phi) is 13.1. The first-order valence-corrected chi connectivity index (χ1v) is 9.91. The van der Waals surface area contributed by atoms with Gasteiger partial charge in [0.1, 0.15) is 0 Å². The number of nitrogens with zero attached hydrogens (tertiary/aromatic N) is 1. The number of halogens is 1. The molecule has 0 atom stereocenters. The lowest BCUT2D eigenvalue weighted by Crippen LogP contribution is -2.41. The van der Waals surface area contributed by atoms with Gasteiger partial charge in [0.15, 0.2) is 5.96 Å². The summed E-state index contributed by atoms with van der Waals surface area (Å²) in [5.41, 5.74) is 0. The Morgan fingerprint density at radius 1 is 1.13 bits per heavy atom. The van der Waals surface area contributed by atoms with Crippen LogP contribution in [0.2, 0.25) is 0 Å². The maximum absolute atomic E-state index is 10.9. The average Bonchev–Trinajstić information content (AvgIpc) is 2.49. The van der Waals surface area contributed by atoms with Crippen molar-refractivity contribution in [3.05, 3.63) is 0 Å². The highest BCUT2D eigenvalue weighted by Crippen LogP contribution is 2.20. The first-order valence-electron chi connectivity index (χ1n) is 8.02. The molecule has 0 spiro atoms. The van der Waals surface area contributed by atoms with Crippen LogP contribution in [0.25, 0.3) is 0 Å². The Bertz CT molecular complexity index is 426. The van der Waals surface area contributed by atoms with Crippen LogP contribution in [0.5, 0.6) is 0 Å². The molecule has 0 heterocycles. The molecular weight excluding hydrogens is 431 g/mol. The molecule has 1 rings (SSSR count). The van der Waals surface area contributed by atoms with Crippen molar-refractivity contribution in [3.8, 4) is 0 Å². The first kappa shape index (κ1) is 22.9. The minimum absolute atomic E-state index is 0. The van der Waals surface area contributed by atoms with Crippen LogP contribution in [0, 0.1) is 0 Å². The molecule has 1 aliphatic rings. The summed E-state index contributed by atoms with van der Waals surface area (Å²) in [7, 11) is -1.44. The molecule has 0 aromatic heterocycles. The summed E-state index contributed by atoms with van der Waals surface area (Å²) < 4.78 is 30.1. The van der Waals surface area contributed by atoms with Crippen LogP contribution in [-0.4, -0.2) is 60.0 Å². The van der Waals surface area contributed by atoms with Gasteiger partial charge < -0.3 is 15.4 Å². The highest BCUT2D eigenvalue weighted by atomic mass is 127. The molecule has 0 saturated heterocycles. The molecule has 9 heteroatoms. The lowest BCUT2D eigenvalue weighted by molar-refractivity contribution is 0.0277. The Labute approximate surface area is 157 Å². The second kappa shape index (κ2) is 13.2. The van der Waals surface area contributed by atoms with E-state index in [9.17, 15) is 8.42 Å². The van der Waals surface area contributed by atoms with Gasteiger partial charge in [-0.25, -0.2) is 13.1 Å². The van der Waals surface area contributed by atoms with Crippen molar-refractivity contribution in [2.24, 2.45) is 4.99 Å². The van der Waals surface area contributed by atoms with E-state index in [1.165, 1.54) is 32.1 Å². The van der Waals surface area contributed by atoms with E-state index < -0.39 is 10.0 Å². The molecule has 0 unspecified atom stereocenters. The van der Waals surface area contributed by atoms with E-state index in [1.807, 2.05) is 0 Å². The highest BCUT2D eigenvalue weighted by Gasteiger charge is 2.12. The third kappa shape index (κ3) is 12.9. The molecule has 0 aliphatic heterocycles. The summed E-state index contributed by atoms with van der Waals surface area (Å²) in [5.74, 6) is 0.674. The summed E-state index contributed by atoms with van der Waals surface area (Å²) in [6.45, 7) is 2.38. The Morgan fingerprint density at radius 3 is 2.39 bits per heavy atom. The second-order valence-corrected chi connectivity index (χ2v) is 7.41. The maximum Gasteiger partial charge on any atom is 0.208 e. The molecule has 1 saturated carbocycles. The summed E-state index contributed by atoms with van der Waals surface area (Å²) in [5, 5.41) is 6.24. The van der Waals surface area contributed by atoms with Crippen LogP contribution < -0.4 is 15.4 Å². The van der Waals surface area contributed by atoms with Crippen LogP contribution in [-0.2, 0) is 14.8 Å². The van der Waals surface area contributed by atoms with Crippen LogP contribution in [0.3, 0.4) is 0 Å². The lowest BCUT2D eigenvalue weighted by Gasteiger charge is -2.22. The summed E-state index contributed by atoms with van der Waals surface area (Å²) in [6, 6.07) is 0. The molecule has 7 nitrogen and oxygen atoms in total. The smallest absolute Gasteiger partial charge is 0.208 e. The van der Waals surface area contributed by atoms with Gasteiger partial charge in [-0.1, -0.05) is 19.3 Å². The molecule has 0 bridgehead atoms. The molecule has 0 aromatic carbocycles. The van der Waals surface area contributed by atoms with Crippen molar-refractivity contribution in [1.82, 2.24) is 15.4 Å². The number of nitrogens with one attached hydrogen (secondary N) is 3. The fraction of sp³-hybridized carbons (Fsp3) is 0.929. The van der Waals surface area contributed by atoms with Gasteiger partial charge in [0.05, 0.1) is 12.4 Å². The van der Waals surface area contributed by atoms with E-state index in [0.29, 0.717) is 25.2 Å². The molecule has 0 radical (unpaired) electrons. The SMILES string of the molecule is CN=C(NCCCOC1CCCCC1)NCCNS(C)(=O)=O.I. The number of aliphatic imine (C=N–C) groups is 1. The number of guanidine groups is 1.